The second kappa shape index (κ2) is 5.91. The first-order valence-corrected chi connectivity index (χ1v) is 6.81. The van der Waals surface area contributed by atoms with Crippen LogP contribution in [0.25, 0.3) is 0 Å². The summed E-state index contributed by atoms with van der Waals surface area (Å²) < 4.78 is 0. The number of nitrogens with zero attached hydrogens (tertiary/aromatic N) is 1. The van der Waals surface area contributed by atoms with E-state index in [1.165, 1.54) is 0 Å². The highest BCUT2D eigenvalue weighted by atomic mass is 35.5. The molecule has 0 unspecified atom stereocenters. The van der Waals surface area contributed by atoms with Crippen molar-refractivity contribution in [2.75, 3.05) is 6.54 Å². The molecular formula is C13H16Cl2N2O. The molecule has 3 nitrogen and oxygen atoms in total. The Balaban J connectivity index is 2.13. The Morgan fingerprint density at radius 3 is 2.83 bits per heavy atom. The number of carbonyl (C=O) groups excluding carboxylic acids is 1. The molecule has 1 amide bonds. The third-order valence-corrected chi connectivity index (χ3v) is 3.92. The van der Waals surface area contributed by atoms with Gasteiger partial charge < -0.3 is 5.73 Å². The molecule has 1 aliphatic rings. The minimum Gasteiger partial charge on any atom is -0.368 e. The maximum absolute atomic E-state index is 11.4. The van der Waals surface area contributed by atoms with E-state index in [4.69, 9.17) is 28.9 Å². The first kappa shape index (κ1) is 13.7. The SMILES string of the molecule is NC(=O)[C@H]1CCCCN1Cc1ccc(Cl)cc1Cl. The van der Waals surface area contributed by atoms with Gasteiger partial charge in [0.05, 0.1) is 6.04 Å². The molecule has 0 aliphatic carbocycles. The average molecular weight is 287 g/mol. The van der Waals surface area contributed by atoms with Gasteiger partial charge in [-0.2, -0.15) is 0 Å². The summed E-state index contributed by atoms with van der Waals surface area (Å²) in [5, 5.41) is 1.25. The van der Waals surface area contributed by atoms with Crippen LogP contribution in [0.3, 0.4) is 0 Å². The van der Waals surface area contributed by atoms with E-state index in [0.29, 0.717) is 16.6 Å². The van der Waals surface area contributed by atoms with E-state index >= 15 is 0 Å². The van der Waals surface area contributed by atoms with E-state index in [-0.39, 0.29) is 11.9 Å². The third kappa shape index (κ3) is 3.16. The molecule has 5 heteroatoms. The Morgan fingerprint density at radius 1 is 1.39 bits per heavy atom. The van der Waals surface area contributed by atoms with Gasteiger partial charge in [-0.15, -0.1) is 0 Å². The molecule has 1 saturated heterocycles. The van der Waals surface area contributed by atoms with Gasteiger partial charge in [0.2, 0.25) is 5.91 Å². The van der Waals surface area contributed by atoms with Crippen LogP contribution in [0.1, 0.15) is 24.8 Å². The predicted molar refractivity (Wildman–Crippen MR) is 73.7 cm³/mol. The number of rotatable bonds is 3. The Morgan fingerprint density at radius 2 is 2.17 bits per heavy atom. The van der Waals surface area contributed by atoms with E-state index in [1.807, 2.05) is 12.1 Å². The molecule has 0 aromatic heterocycles. The number of primary amides is 1. The van der Waals surface area contributed by atoms with Gasteiger partial charge >= 0.3 is 0 Å². The Labute approximate surface area is 117 Å². The van der Waals surface area contributed by atoms with Crippen molar-refractivity contribution in [3.8, 4) is 0 Å². The van der Waals surface area contributed by atoms with Crippen molar-refractivity contribution >= 4 is 29.1 Å². The lowest BCUT2D eigenvalue weighted by atomic mass is 10.0. The number of amides is 1. The molecule has 1 heterocycles. The predicted octanol–water partition coefficient (Wildman–Crippen LogP) is 2.83. The van der Waals surface area contributed by atoms with Gasteiger partial charge in [0.25, 0.3) is 0 Å². The highest BCUT2D eigenvalue weighted by Crippen LogP contribution is 2.25. The molecule has 1 aliphatic heterocycles. The van der Waals surface area contributed by atoms with Gasteiger partial charge in [0.15, 0.2) is 0 Å². The highest BCUT2D eigenvalue weighted by Gasteiger charge is 2.27. The molecule has 1 aromatic rings. The van der Waals surface area contributed by atoms with E-state index in [2.05, 4.69) is 4.90 Å². The van der Waals surface area contributed by atoms with Crippen LogP contribution < -0.4 is 5.73 Å². The average Bonchev–Trinajstić information content (AvgIpc) is 2.33. The monoisotopic (exact) mass is 286 g/mol. The van der Waals surface area contributed by atoms with Crippen molar-refractivity contribution in [3.63, 3.8) is 0 Å². The van der Waals surface area contributed by atoms with Gasteiger partial charge in [0.1, 0.15) is 0 Å². The van der Waals surface area contributed by atoms with E-state index < -0.39 is 0 Å². The molecule has 1 atom stereocenters. The summed E-state index contributed by atoms with van der Waals surface area (Å²) in [6.45, 7) is 1.52. The number of hydrogen-bond acceptors (Lipinski definition) is 2. The summed E-state index contributed by atoms with van der Waals surface area (Å²) in [4.78, 5) is 13.5. The summed E-state index contributed by atoms with van der Waals surface area (Å²) in [5.74, 6) is -0.250. The third-order valence-electron chi connectivity index (χ3n) is 3.33. The van der Waals surface area contributed by atoms with Crippen molar-refractivity contribution in [2.24, 2.45) is 5.73 Å². The van der Waals surface area contributed by atoms with Crippen molar-refractivity contribution in [1.29, 1.82) is 0 Å². The lowest BCUT2D eigenvalue weighted by Crippen LogP contribution is -2.47. The summed E-state index contributed by atoms with van der Waals surface area (Å²) in [6.07, 6.45) is 2.98. The molecule has 0 radical (unpaired) electrons. The van der Waals surface area contributed by atoms with Crippen molar-refractivity contribution in [1.82, 2.24) is 4.90 Å². The molecule has 1 fully saturated rings. The minimum atomic E-state index is -0.250. The van der Waals surface area contributed by atoms with E-state index in [0.717, 1.165) is 31.4 Å². The summed E-state index contributed by atoms with van der Waals surface area (Å²) in [5.41, 5.74) is 6.42. The Hall–Kier alpha value is -0.770. The normalized spacial score (nSPS) is 20.9. The van der Waals surface area contributed by atoms with Crippen LogP contribution in [0.5, 0.6) is 0 Å². The second-order valence-electron chi connectivity index (χ2n) is 4.62. The zero-order valence-corrected chi connectivity index (χ0v) is 11.5. The fourth-order valence-corrected chi connectivity index (χ4v) is 2.84. The standard InChI is InChI=1S/C13H16Cl2N2O/c14-10-5-4-9(11(15)7-10)8-17-6-2-1-3-12(17)13(16)18/h4-5,7,12H,1-3,6,8H2,(H2,16,18)/t12-/m1/s1. The molecule has 2 N–H and O–H groups in total. The molecular weight excluding hydrogens is 271 g/mol. The van der Waals surface area contributed by atoms with Crippen molar-refractivity contribution < 1.29 is 4.79 Å². The molecule has 0 bridgehead atoms. The van der Waals surface area contributed by atoms with E-state index in [1.54, 1.807) is 6.07 Å². The number of benzene rings is 1. The Bertz CT molecular complexity index is 451. The van der Waals surface area contributed by atoms with E-state index in [9.17, 15) is 4.79 Å². The maximum atomic E-state index is 11.4. The molecule has 0 saturated carbocycles. The quantitative estimate of drug-likeness (QED) is 0.929. The molecule has 98 valence electrons. The Kier molecular flexibility index (Phi) is 4.49. The van der Waals surface area contributed by atoms with Gasteiger partial charge in [-0.1, -0.05) is 35.7 Å². The summed E-state index contributed by atoms with van der Waals surface area (Å²) in [7, 11) is 0. The summed E-state index contributed by atoms with van der Waals surface area (Å²) in [6, 6.07) is 5.26. The fraction of sp³-hybridized carbons (Fsp3) is 0.462. The van der Waals surface area contributed by atoms with Crippen LogP contribution in [0.15, 0.2) is 18.2 Å². The van der Waals surface area contributed by atoms with Crippen LogP contribution in [0.4, 0.5) is 0 Å². The zero-order valence-electron chi connectivity index (χ0n) is 10.0. The zero-order chi connectivity index (χ0) is 13.1. The number of halogens is 2. The lowest BCUT2D eigenvalue weighted by Gasteiger charge is -2.33. The number of nitrogens with two attached hydrogens (primary N) is 1. The van der Waals surface area contributed by atoms with Crippen LogP contribution >= 0.6 is 23.2 Å². The largest absolute Gasteiger partial charge is 0.368 e. The van der Waals surface area contributed by atoms with Gasteiger partial charge in [-0.3, -0.25) is 9.69 Å². The fourth-order valence-electron chi connectivity index (χ4n) is 2.37. The molecule has 18 heavy (non-hydrogen) atoms. The van der Waals surface area contributed by atoms with Gasteiger partial charge in [-0.05, 0) is 37.1 Å². The molecule has 0 spiro atoms. The van der Waals surface area contributed by atoms with Gasteiger partial charge in [-0.25, -0.2) is 0 Å². The van der Waals surface area contributed by atoms with Crippen LogP contribution in [0.2, 0.25) is 10.0 Å². The first-order chi connectivity index (χ1) is 8.58. The minimum absolute atomic E-state index is 0.175. The van der Waals surface area contributed by atoms with Crippen molar-refractivity contribution in [2.45, 2.75) is 31.8 Å². The summed E-state index contributed by atoms with van der Waals surface area (Å²) >= 11 is 12.0. The van der Waals surface area contributed by atoms with Gasteiger partial charge in [0, 0.05) is 16.6 Å². The first-order valence-electron chi connectivity index (χ1n) is 6.05. The van der Waals surface area contributed by atoms with Crippen molar-refractivity contribution in [3.05, 3.63) is 33.8 Å². The smallest absolute Gasteiger partial charge is 0.234 e. The highest BCUT2D eigenvalue weighted by molar-refractivity contribution is 6.35. The number of hydrogen-bond donors (Lipinski definition) is 1. The topological polar surface area (TPSA) is 46.3 Å². The number of likely N-dealkylation sites (tertiary alicyclic amines) is 1. The lowest BCUT2D eigenvalue weighted by molar-refractivity contribution is -0.124. The number of piperidine rings is 1. The molecule has 2 rings (SSSR count). The number of carbonyl (C=O) groups is 1. The van der Waals surface area contributed by atoms with Crippen LogP contribution in [0, 0.1) is 0 Å². The van der Waals surface area contributed by atoms with Crippen LogP contribution in [-0.4, -0.2) is 23.4 Å². The van der Waals surface area contributed by atoms with Crippen LogP contribution in [-0.2, 0) is 11.3 Å². The second-order valence-corrected chi connectivity index (χ2v) is 5.46. The maximum Gasteiger partial charge on any atom is 0.234 e. The molecule has 1 aromatic carbocycles.